The van der Waals surface area contributed by atoms with E-state index >= 15 is 0 Å². The molecule has 0 aliphatic rings. The first kappa shape index (κ1) is 17.2. The van der Waals surface area contributed by atoms with E-state index in [2.05, 4.69) is 9.72 Å². The van der Waals surface area contributed by atoms with Crippen LogP contribution >= 0.6 is 0 Å². The molecular weight excluding hydrogens is 289 g/mol. The Balaban J connectivity index is 0.000000745. The Labute approximate surface area is 126 Å². The molecule has 0 bridgehead atoms. The molecule has 0 N–H and O–H groups in total. The van der Waals surface area contributed by atoms with Crippen molar-refractivity contribution >= 4 is 12.1 Å². The predicted molar refractivity (Wildman–Crippen MR) is 75.5 cm³/mol. The first-order valence-corrected chi connectivity index (χ1v) is 6.25. The second-order valence-corrected chi connectivity index (χ2v) is 4.41. The molecule has 5 nitrogen and oxygen atoms in total. The normalized spacial score (nSPS) is 9.27. The molecule has 114 valence electrons. The smallest absolute Gasteiger partial charge is 0.373 e. The minimum atomic E-state index is -0.402. The molecule has 0 spiro atoms. The second-order valence-electron chi connectivity index (χ2n) is 4.41. The van der Waals surface area contributed by atoms with Crippen LogP contribution in [0, 0.1) is 19.7 Å². The van der Waals surface area contributed by atoms with Gasteiger partial charge in [-0.05, 0) is 43.2 Å². The Morgan fingerprint density at radius 1 is 1.18 bits per heavy atom. The van der Waals surface area contributed by atoms with Crippen LogP contribution in [-0.4, -0.2) is 24.2 Å². The molecule has 1 aromatic carbocycles. The molecule has 0 unspecified atom stereocenters. The van der Waals surface area contributed by atoms with E-state index in [-0.39, 0.29) is 12.0 Å². The fourth-order valence-corrected chi connectivity index (χ4v) is 1.96. The van der Waals surface area contributed by atoms with Crippen LogP contribution in [0.5, 0.6) is 0 Å². The van der Waals surface area contributed by atoms with Crippen molar-refractivity contribution in [2.45, 2.75) is 13.8 Å². The number of hydrogen-bond donors (Lipinski definition) is 0. The summed E-state index contributed by atoms with van der Waals surface area (Å²) >= 11 is 0. The summed E-state index contributed by atoms with van der Waals surface area (Å²) < 4.78 is 18.5. The average molecular weight is 303 g/mol. The van der Waals surface area contributed by atoms with E-state index in [4.69, 9.17) is 9.59 Å². The van der Waals surface area contributed by atoms with E-state index in [1.54, 1.807) is 31.2 Å². The predicted octanol–water partition coefficient (Wildman–Crippen LogP) is 2.71. The van der Waals surface area contributed by atoms with E-state index in [9.17, 15) is 9.18 Å². The minimum absolute atomic E-state index is 0.250. The zero-order valence-electron chi connectivity index (χ0n) is 12.3. The van der Waals surface area contributed by atoms with Gasteiger partial charge in [0.25, 0.3) is 0 Å². The molecule has 2 aromatic rings. The Hall–Kier alpha value is -2.85. The van der Waals surface area contributed by atoms with Crippen LogP contribution in [0.1, 0.15) is 21.6 Å². The first-order chi connectivity index (χ1) is 10.4. The summed E-state index contributed by atoms with van der Waals surface area (Å²) in [4.78, 5) is 31.6. The lowest BCUT2D eigenvalue weighted by atomic mass is 9.98. The average Bonchev–Trinajstić information content (AvgIpc) is 2.50. The fourth-order valence-electron chi connectivity index (χ4n) is 1.96. The van der Waals surface area contributed by atoms with Crippen molar-refractivity contribution in [2.24, 2.45) is 0 Å². The van der Waals surface area contributed by atoms with Gasteiger partial charge in [0.15, 0.2) is 0 Å². The highest BCUT2D eigenvalue weighted by Crippen LogP contribution is 2.27. The molecule has 2 rings (SSSR count). The molecule has 1 aromatic heterocycles. The Bertz CT molecular complexity index is 722. The van der Waals surface area contributed by atoms with Gasteiger partial charge in [-0.15, -0.1) is 0 Å². The van der Waals surface area contributed by atoms with E-state index in [1.165, 1.54) is 13.3 Å². The Kier molecular flexibility index (Phi) is 6.10. The topological polar surface area (TPSA) is 73.3 Å². The van der Waals surface area contributed by atoms with Crippen molar-refractivity contribution in [1.82, 2.24) is 4.98 Å². The van der Waals surface area contributed by atoms with Crippen molar-refractivity contribution in [1.29, 1.82) is 0 Å². The maximum Gasteiger partial charge on any atom is 0.373 e. The van der Waals surface area contributed by atoms with Gasteiger partial charge in [-0.1, -0.05) is 6.07 Å². The molecule has 0 radical (unpaired) electrons. The van der Waals surface area contributed by atoms with Gasteiger partial charge in [0, 0.05) is 11.3 Å². The number of aromatic nitrogens is 1. The molecule has 0 fully saturated rings. The number of pyridine rings is 1. The van der Waals surface area contributed by atoms with Gasteiger partial charge in [-0.2, -0.15) is 9.59 Å². The highest BCUT2D eigenvalue weighted by atomic mass is 19.1. The van der Waals surface area contributed by atoms with Crippen molar-refractivity contribution in [2.75, 3.05) is 7.11 Å². The SMILES string of the molecule is COC(=O)c1ccc(-c2cc(C)ncc2F)c(C)c1.O=C=O. The highest BCUT2D eigenvalue weighted by Gasteiger charge is 2.12. The summed E-state index contributed by atoms with van der Waals surface area (Å²) in [6, 6.07) is 6.73. The number of esters is 1. The van der Waals surface area contributed by atoms with Crippen LogP contribution < -0.4 is 0 Å². The third-order valence-corrected chi connectivity index (χ3v) is 2.93. The number of nitrogens with zero attached hydrogens (tertiary/aromatic N) is 1. The number of benzene rings is 1. The van der Waals surface area contributed by atoms with E-state index in [1.807, 2.05) is 6.92 Å². The summed E-state index contributed by atoms with van der Waals surface area (Å²) in [5.74, 6) is -0.777. The molecule has 1 heterocycles. The van der Waals surface area contributed by atoms with E-state index in [0.29, 0.717) is 11.1 Å². The monoisotopic (exact) mass is 303 g/mol. The number of carbonyl (C=O) groups excluding carboxylic acids is 3. The Morgan fingerprint density at radius 2 is 1.82 bits per heavy atom. The fraction of sp³-hybridized carbons (Fsp3) is 0.188. The van der Waals surface area contributed by atoms with Crippen molar-refractivity contribution in [3.05, 3.63) is 53.1 Å². The first-order valence-electron chi connectivity index (χ1n) is 6.25. The van der Waals surface area contributed by atoms with Gasteiger partial charge >= 0.3 is 12.1 Å². The van der Waals surface area contributed by atoms with E-state index < -0.39 is 5.97 Å². The van der Waals surface area contributed by atoms with Gasteiger partial charge in [0.05, 0.1) is 18.9 Å². The van der Waals surface area contributed by atoms with Crippen LogP contribution in [-0.2, 0) is 14.3 Å². The molecule has 0 amide bonds. The number of methoxy groups -OCH3 is 1. The van der Waals surface area contributed by atoms with Gasteiger partial charge in [-0.25, -0.2) is 9.18 Å². The molecule has 0 aliphatic carbocycles. The van der Waals surface area contributed by atoms with Gasteiger partial charge in [-0.3, -0.25) is 4.98 Å². The summed E-state index contributed by atoms with van der Waals surface area (Å²) in [7, 11) is 1.33. The summed E-state index contributed by atoms with van der Waals surface area (Å²) in [6.45, 7) is 3.64. The number of carbonyl (C=O) groups is 1. The van der Waals surface area contributed by atoms with Gasteiger partial charge < -0.3 is 4.74 Å². The number of halogens is 1. The van der Waals surface area contributed by atoms with Crippen molar-refractivity contribution in [3.63, 3.8) is 0 Å². The largest absolute Gasteiger partial charge is 0.465 e. The summed E-state index contributed by atoms with van der Waals surface area (Å²) in [6.07, 6.45) is 1.46. The third kappa shape index (κ3) is 4.07. The Morgan fingerprint density at radius 3 is 2.36 bits per heavy atom. The zero-order chi connectivity index (χ0) is 16.7. The molecule has 0 atom stereocenters. The molecule has 22 heavy (non-hydrogen) atoms. The van der Waals surface area contributed by atoms with Crippen LogP contribution in [0.4, 0.5) is 4.39 Å². The van der Waals surface area contributed by atoms with Crippen molar-refractivity contribution in [3.8, 4) is 11.1 Å². The maximum atomic E-state index is 13.8. The number of aryl methyl sites for hydroxylation is 2. The lowest BCUT2D eigenvalue weighted by Gasteiger charge is -2.09. The number of hydrogen-bond acceptors (Lipinski definition) is 5. The molecule has 0 saturated heterocycles. The van der Waals surface area contributed by atoms with Gasteiger partial charge in [0.2, 0.25) is 0 Å². The molecule has 0 aliphatic heterocycles. The number of ether oxygens (including phenoxy) is 1. The minimum Gasteiger partial charge on any atom is -0.465 e. The zero-order valence-corrected chi connectivity index (χ0v) is 12.3. The molecule has 0 saturated carbocycles. The third-order valence-electron chi connectivity index (χ3n) is 2.93. The highest BCUT2D eigenvalue weighted by molar-refractivity contribution is 5.90. The number of rotatable bonds is 2. The van der Waals surface area contributed by atoms with Crippen LogP contribution in [0.2, 0.25) is 0 Å². The molecule has 6 heteroatoms. The summed E-state index contributed by atoms with van der Waals surface area (Å²) in [5, 5.41) is 0. The van der Waals surface area contributed by atoms with Crippen LogP contribution in [0.3, 0.4) is 0 Å². The lowest BCUT2D eigenvalue weighted by Crippen LogP contribution is -2.02. The maximum absolute atomic E-state index is 13.8. The van der Waals surface area contributed by atoms with Gasteiger partial charge in [0.1, 0.15) is 5.82 Å². The van der Waals surface area contributed by atoms with Crippen LogP contribution in [0.25, 0.3) is 11.1 Å². The van der Waals surface area contributed by atoms with Crippen LogP contribution in [0.15, 0.2) is 30.5 Å². The van der Waals surface area contributed by atoms with E-state index in [0.717, 1.165) is 16.8 Å². The second kappa shape index (κ2) is 7.81. The quantitative estimate of drug-likeness (QED) is 0.797. The summed E-state index contributed by atoms with van der Waals surface area (Å²) in [5.41, 5.74) is 3.24. The van der Waals surface area contributed by atoms with Crippen molar-refractivity contribution < 1.29 is 23.5 Å². The molecular formula is C16H14FNO4. The lowest BCUT2D eigenvalue weighted by molar-refractivity contribution is -0.191. The standard InChI is InChI=1S/C15H14FNO2.CO2/c1-9-6-11(15(18)19-3)4-5-12(9)13-7-10(2)17-8-14(13)16;2-1-3/h4-8H,1-3H3;.